The Kier molecular flexibility index (Phi) is 4.91. The van der Waals surface area contributed by atoms with Gasteiger partial charge in [0.25, 0.3) is 0 Å². The number of aryl methyl sites for hydroxylation is 1. The minimum Gasteiger partial charge on any atom is -0.496 e. The zero-order valence-corrected chi connectivity index (χ0v) is 13.8. The Morgan fingerprint density at radius 2 is 1.79 bits per heavy atom. The number of rotatable bonds is 6. The SMILES string of the molecule is COc1ccccc1CNc1ccnc(Nc2ccccc2C)n1. The van der Waals surface area contributed by atoms with Gasteiger partial charge in [0.05, 0.1) is 7.11 Å². The maximum atomic E-state index is 5.36. The van der Waals surface area contributed by atoms with Crippen LogP contribution in [0, 0.1) is 6.92 Å². The molecule has 0 spiro atoms. The van der Waals surface area contributed by atoms with Crippen molar-refractivity contribution in [3.63, 3.8) is 0 Å². The molecule has 0 aliphatic heterocycles. The van der Waals surface area contributed by atoms with E-state index in [1.54, 1.807) is 13.3 Å². The predicted molar refractivity (Wildman–Crippen MR) is 96.8 cm³/mol. The van der Waals surface area contributed by atoms with Crippen molar-refractivity contribution in [2.45, 2.75) is 13.5 Å². The number of anilines is 3. The van der Waals surface area contributed by atoms with E-state index in [4.69, 9.17) is 4.74 Å². The molecule has 0 saturated heterocycles. The monoisotopic (exact) mass is 320 g/mol. The molecule has 0 fully saturated rings. The topological polar surface area (TPSA) is 59.1 Å². The number of benzene rings is 2. The van der Waals surface area contributed by atoms with Crippen LogP contribution in [0.15, 0.2) is 60.8 Å². The lowest BCUT2D eigenvalue weighted by atomic mass is 10.2. The Hall–Kier alpha value is -3.08. The van der Waals surface area contributed by atoms with Gasteiger partial charge in [0.2, 0.25) is 5.95 Å². The van der Waals surface area contributed by atoms with E-state index in [-0.39, 0.29) is 0 Å². The van der Waals surface area contributed by atoms with Crippen LogP contribution in [0.3, 0.4) is 0 Å². The van der Waals surface area contributed by atoms with Gasteiger partial charge in [0, 0.05) is 24.0 Å². The maximum absolute atomic E-state index is 5.36. The Balaban J connectivity index is 1.70. The molecule has 0 atom stereocenters. The average Bonchev–Trinajstić information content (AvgIpc) is 2.62. The first-order valence-corrected chi connectivity index (χ1v) is 7.78. The van der Waals surface area contributed by atoms with Crippen molar-refractivity contribution < 1.29 is 4.74 Å². The van der Waals surface area contributed by atoms with Gasteiger partial charge < -0.3 is 15.4 Å². The third-order valence-electron chi connectivity index (χ3n) is 3.70. The molecule has 0 bridgehead atoms. The molecular formula is C19H20N4O. The van der Waals surface area contributed by atoms with Gasteiger partial charge in [-0.05, 0) is 30.7 Å². The second-order valence-electron chi connectivity index (χ2n) is 5.37. The van der Waals surface area contributed by atoms with Gasteiger partial charge in [-0.15, -0.1) is 0 Å². The van der Waals surface area contributed by atoms with Crippen molar-refractivity contribution in [2.75, 3.05) is 17.7 Å². The molecule has 0 radical (unpaired) electrons. The van der Waals surface area contributed by atoms with E-state index < -0.39 is 0 Å². The van der Waals surface area contributed by atoms with Gasteiger partial charge >= 0.3 is 0 Å². The first kappa shape index (κ1) is 15.8. The van der Waals surface area contributed by atoms with Crippen LogP contribution in [0.1, 0.15) is 11.1 Å². The lowest BCUT2D eigenvalue weighted by Gasteiger charge is -2.11. The Morgan fingerprint density at radius 1 is 1.00 bits per heavy atom. The van der Waals surface area contributed by atoms with Crippen molar-refractivity contribution in [1.29, 1.82) is 0 Å². The molecule has 1 heterocycles. The van der Waals surface area contributed by atoms with E-state index in [1.165, 1.54) is 0 Å². The highest BCUT2D eigenvalue weighted by Gasteiger charge is 2.04. The van der Waals surface area contributed by atoms with Crippen molar-refractivity contribution in [2.24, 2.45) is 0 Å². The van der Waals surface area contributed by atoms with Crippen molar-refractivity contribution in [1.82, 2.24) is 9.97 Å². The molecular weight excluding hydrogens is 300 g/mol. The molecule has 0 aliphatic rings. The first-order valence-electron chi connectivity index (χ1n) is 7.78. The van der Waals surface area contributed by atoms with E-state index >= 15 is 0 Å². The zero-order valence-electron chi connectivity index (χ0n) is 13.8. The highest BCUT2D eigenvalue weighted by Crippen LogP contribution is 2.20. The average molecular weight is 320 g/mol. The minimum atomic E-state index is 0.564. The number of ether oxygens (including phenoxy) is 1. The van der Waals surface area contributed by atoms with E-state index in [0.717, 1.165) is 28.4 Å². The summed E-state index contributed by atoms with van der Waals surface area (Å²) < 4.78 is 5.36. The number of nitrogens with zero attached hydrogens (tertiary/aromatic N) is 2. The van der Waals surface area contributed by atoms with Gasteiger partial charge in [-0.2, -0.15) is 4.98 Å². The standard InChI is InChI=1S/C19H20N4O/c1-14-7-3-5-9-16(14)22-19-20-12-11-18(23-19)21-13-15-8-4-6-10-17(15)24-2/h3-12H,13H2,1-2H3,(H2,20,21,22,23). The van der Waals surface area contributed by atoms with Crippen LogP contribution >= 0.6 is 0 Å². The van der Waals surface area contributed by atoms with Gasteiger partial charge in [-0.25, -0.2) is 4.98 Å². The summed E-state index contributed by atoms with van der Waals surface area (Å²) in [4.78, 5) is 8.78. The van der Waals surface area contributed by atoms with Crippen LogP contribution in [0.2, 0.25) is 0 Å². The summed E-state index contributed by atoms with van der Waals surface area (Å²) in [6.07, 6.45) is 1.73. The summed E-state index contributed by atoms with van der Waals surface area (Å²) in [5.41, 5.74) is 3.22. The minimum absolute atomic E-state index is 0.564. The summed E-state index contributed by atoms with van der Waals surface area (Å²) in [6, 6.07) is 17.8. The predicted octanol–water partition coefficient (Wildman–Crippen LogP) is 4.15. The molecule has 3 rings (SSSR count). The smallest absolute Gasteiger partial charge is 0.229 e. The second-order valence-corrected chi connectivity index (χ2v) is 5.37. The molecule has 0 saturated carbocycles. The van der Waals surface area contributed by atoms with Gasteiger partial charge in [-0.1, -0.05) is 36.4 Å². The molecule has 1 aromatic heterocycles. The van der Waals surface area contributed by atoms with Crippen molar-refractivity contribution in [3.05, 3.63) is 71.9 Å². The van der Waals surface area contributed by atoms with Crippen LogP contribution in [-0.2, 0) is 6.54 Å². The molecule has 0 unspecified atom stereocenters. The molecule has 5 heteroatoms. The number of para-hydroxylation sites is 2. The maximum Gasteiger partial charge on any atom is 0.229 e. The Bertz CT molecular complexity index is 820. The van der Waals surface area contributed by atoms with E-state index in [9.17, 15) is 0 Å². The summed E-state index contributed by atoms with van der Waals surface area (Å²) in [6.45, 7) is 2.68. The summed E-state index contributed by atoms with van der Waals surface area (Å²) >= 11 is 0. The molecule has 5 nitrogen and oxygen atoms in total. The number of hydrogen-bond donors (Lipinski definition) is 2. The Labute approximate surface area is 141 Å². The van der Waals surface area contributed by atoms with Crippen molar-refractivity contribution in [3.8, 4) is 5.75 Å². The fourth-order valence-electron chi connectivity index (χ4n) is 2.39. The number of nitrogens with one attached hydrogen (secondary N) is 2. The van der Waals surface area contributed by atoms with Crippen molar-refractivity contribution >= 4 is 17.5 Å². The summed E-state index contributed by atoms with van der Waals surface area (Å²) in [7, 11) is 1.67. The molecule has 2 aromatic carbocycles. The normalized spacial score (nSPS) is 10.2. The van der Waals surface area contributed by atoms with Crippen LogP contribution in [0.4, 0.5) is 17.5 Å². The highest BCUT2D eigenvalue weighted by molar-refractivity contribution is 5.58. The van der Waals surface area contributed by atoms with E-state index in [0.29, 0.717) is 12.5 Å². The Morgan fingerprint density at radius 3 is 2.62 bits per heavy atom. The third kappa shape index (κ3) is 3.81. The first-order chi connectivity index (χ1) is 11.8. The largest absolute Gasteiger partial charge is 0.496 e. The quantitative estimate of drug-likeness (QED) is 0.714. The second kappa shape index (κ2) is 7.46. The zero-order chi connectivity index (χ0) is 16.8. The highest BCUT2D eigenvalue weighted by atomic mass is 16.5. The van der Waals surface area contributed by atoms with Crippen LogP contribution in [-0.4, -0.2) is 17.1 Å². The molecule has 0 aliphatic carbocycles. The fourth-order valence-corrected chi connectivity index (χ4v) is 2.39. The van der Waals surface area contributed by atoms with E-state index in [2.05, 4.69) is 20.6 Å². The van der Waals surface area contributed by atoms with Crippen LogP contribution in [0.5, 0.6) is 5.75 Å². The van der Waals surface area contributed by atoms with E-state index in [1.807, 2.05) is 61.5 Å². The fraction of sp³-hybridized carbons (Fsp3) is 0.158. The van der Waals surface area contributed by atoms with Gasteiger partial charge in [-0.3, -0.25) is 0 Å². The number of aromatic nitrogens is 2. The number of hydrogen-bond acceptors (Lipinski definition) is 5. The lowest BCUT2D eigenvalue weighted by Crippen LogP contribution is -2.05. The van der Waals surface area contributed by atoms with Gasteiger partial charge in [0.15, 0.2) is 0 Å². The summed E-state index contributed by atoms with van der Waals surface area (Å²) in [5, 5.41) is 6.55. The van der Waals surface area contributed by atoms with Crippen LogP contribution in [0.25, 0.3) is 0 Å². The number of methoxy groups -OCH3 is 1. The molecule has 0 amide bonds. The molecule has 3 aromatic rings. The van der Waals surface area contributed by atoms with Gasteiger partial charge in [0.1, 0.15) is 11.6 Å². The third-order valence-corrected chi connectivity index (χ3v) is 3.70. The van der Waals surface area contributed by atoms with Crippen LogP contribution < -0.4 is 15.4 Å². The molecule has 122 valence electrons. The summed E-state index contributed by atoms with van der Waals surface area (Å²) in [5.74, 6) is 2.18. The molecule has 2 N–H and O–H groups in total. The lowest BCUT2D eigenvalue weighted by molar-refractivity contribution is 0.410. The molecule has 24 heavy (non-hydrogen) atoms.